The van der Waals surface area contributed by atoms with Crippen molar-refractivity contribution in [2.24, 2.45) is 11.7 Å². The van der Waals surface area contributed by atoms with Gasteiger partial charge in [0.1, 0.15) is 11.8 Å². The summed E-state index contributed by atoms with van der Waals surface area (Å²) < 4.78 is 7.37. The van der Waals surface area contributed by atoms with E-state index < -0.39 is 11.4 Å². The second-order valence-corrected chi connectivity index (χ2v) is 8.31. The molecule has 30 heavy (non-hydrogen) atoms. The number of carbonyl (C=O) groups is 1. The largest absolute Gasteiger partial charge is 0.477 e. The van der Waals surface area contributed by atoms with Crippen molar-refractivity contribution in [3.05, 3.63) is 58.0 Å². The van der Waals surface area contributed by atoms with Gasteiger partial charge in [0.05, 0.1) is 17.8 Å². The summed E-state index contributed by atoms with van der Waals surface area (Å²) in [5.74, 6) is -0.402. The minimum Gasteiger partial charge on any atom is -0.477 e. The molecule has 1 aliphatic carbocycles. The van der Waals surface area contributed by atoms with Crippen LogP contribution in [-0.2, 0) is 0 Å². The van der Waals surface area contributed by atoms with E-state index in [0.717, 1.165) is 49.1 Å². The van der Waals surface area contributed by atoms with Gasteiger partial charge in [0.15, 0.2) is 0 Å². The van der Waals surface area contributed by atoms with Crippen LogP contribution >= 0.6 is 0 Å². The molecule has 2 atom stereocenters. The quantitative estimate of drug-likeness (QED) is 0.667. The molecule has 3 N–H and O–H groups in total. The Hall–Kier alpha value is -3.13. The number of nitrogens with zero attached hydrogens (tertiary/aromatic N) is 3. The molecule has 8 heteroatoms. The summed E-state index contributed by atoms with van der Waals surface area (Å²) in [6.07, 6.45) is 7.59. The number of benzene rings is 1. The summed E-state index contributed by atoms with van der Waals surface area (Å²) in [5, 5.41) is 9.93. The third kappa shape index (κ3) is 2.99. The van der Waals surface area contributed by atoms with Crippen LogP contribution in [0.4, 0.5) is 5.69 Å². The summed E-state index contributed by atoms with van der Waals surface area (Å²) in [6, 6.07) is 3.70. The van der Waals surface area contributed by atoms with Crippen molar-refractivity contribution in [1.29, 1.82) is 0 Å². The molecule has 1 saturated heterocycles. The predicted molar refractivity (Wildman–Crippen MR) is 112 cm³/mol. The van der Waals surface area contributed by atoms with Gasteiger partial charge in [-0.3, -0.25) is 4.79 Å². The second-order valence-electron chi connectivity index (χ2n) is 8.31. The number of aryl methyl sites for hydroxylation is 1. The number of hydrogen-bond acceptors (Lipinski definition) is 6. The van der Waals surface area contributed by atoms with Crippen molar-refractivity contribution >= 4 is 22.6 Å². The van der Waals surface area contributed by atoms with Crippen LogP contribution in [-0.4, -0.2) is 33.7 Å². The van der Waals surface area contributed by atoms with E-state index >= 15 is 0 Å². The Balaban J connectivity index is 1.54. The monoisotopic (exact) mass is 408 g/mol. The smallest absolute Gasteiger partial charge is 0.341 e. The molecule has 2 aromatic heterocycles. The molecule has 1 aliphatic heterocycles. The van der Waals surface area contributed by atoms with Gasteiger partial charge in [-0.25, -0.2) is 9.78 Å². The number of aromatic carboxylic acids is 1. The van der Waals surface area contributed by atoms with E-state index in [9.17, 15) is 14.7 Å². The number of oxazole rings is 1. The van der Waals surface area contributed by atoms with Gasteiger partial charge in [-0.05, 0) is 43.9 Å². The van der Waals surface area contributed by atoms with Crippen LogP contribution in [0, 0.1) is 12.8 Å². The summed E-state index contributed by atoms with van der Waals surface area (Å²) in [7, 11) is 0. The van der Waals surface area contributed by atoms with Crippen LogP contribution in [0.5, 0.6) is 0 Å². The number of nitrogens with two attached hydrogens (primary N) is 1. The summed E-state index contributed by atoms with van der Waals surface area (Å²) in [5.41, 5.74) is 8.67. The highest BCUT2D eigenvalue weighted by Gasteiger charge is 2.33. The average Bonchev–Trinajstić information content (AvgIpc) is 3.22. The Morgan fingerprint density at radius 1 is 1.33 bits per heavy atom. The van der Waals surface area contributed by atoms with Crippen LogP contribution in [0.3, 0.4) is 0 Å². The van der Waals surface area contributed by atoms with Crippen LogP contribution in [0.25, 0.3) is 10.9 Å². The average molecular weight is 408 g/mol. The standard InChI is InChI=1S/C22H24N4O4/c1-12-17(25-8-6-13(10-25)18(23)21-24-7-9-30-21)5-4-15-19(12)26(14-2-3-14)11-16(20(15)27)22(28)29/h4-5,7,9,11,13-14,18H,2-3,6,8,10,23H2,1H3,(H,28,29). The van der Waals surface area contributed by atoms with Crippen molar-refractivity contribution in [3.63, 3.8) is 0 Å². The van der Waals surface area contributed by atoms with Crippen LogP contribution in [0.2, 0.25) is 0 Å². The molecular formula is C22H24N4O4. The van der Waals surface area contributed by atoms with Crippen molar-refractivity contribution in [2.45, 2.75) is 38.3 Å². The minimum absolute atomic E-state index is 0.167. The highest BCUT2D eigenvalue weighted by atomic mass is 16.4. The Morgan fingerprint density at radius 3 is 2.80 bits per heavy atom. The van der Waals surface area contributed by atoms with E-state index in [1.54, 1.807) is 12.3 Å². The molecule has 2 fully saturated rings. The number of aromatic nitrogens is 2. The Kier molecular flexibility index (Phi) is 4.39. The topological polar surface area (TPSA) is 115 Å². The molecule has 3 heterocycles. The molecule has 3 aromatic rings. The molecular weight excluding hydrogens is 384 g/mol. The van der Waals surface area contributed by atoms with E-state index in [1.807, 2.05) is 17.6 Å². The molecule has 5 rings (SSSR count). The highest BCUT2D eigenvalue weighted by Crippen LogP contribution is 2.40. The van der Waals surface area contributed by atoms with Gasteiger partial charge in [0.25, 0.3) is 0 Å². The fourth-order valence-electron chi connectivity index (χ4n) is 4.65. The molecule has 2 aliphatic rings. The summed E-state index contributed by atoms with van der Waals surface area (Å²) in [4.78, 5) is 30.8. The SMILES string of the molecule is Cc1c(N2CCC(C(N)c3ncco3)C2)ccc2c(=O)c(C(=O)O)cn(C3CC3)c12. The molecule has 156 valence electrons. The van der Waals surface area contributed by atoms with Crippen molar-refractivity contribution in [1.82, 2.24) is 9.55 Å². The Labute approximate surface area is 172 Å². The van der Waals surface area contributed by atoms with Crippen LogP contribution in [0.1, 0.15) is 53.2 Å². The van der Waals surface area contributed by atoms with E-state index in [-0.39, 0.29) is 23.6 Å². The first-order chi connectivity index (χ1) is 14.5. The predicted octanol–water partition coefficient (Wildman–Crippen LogP) is 2.86. The number of fused-ring (bicyclic) bond motifs is 1. The van der Waals surface area contributed by atoms with Gasteiger partial charge in [0.2, 0.25) is 11.3 Å². The van der Waals surface area contributed by atoms with E-state index in [1.165, 1.54) is 12.5 Å². The van der Waals surface area contributed by atoms with Gasteiger partial charge >= 0.3 is 5.97 Å². The molecule has 0 radical (unpaired) electrons. The third-order valence-electron chi connectivity index (χ3n) is 6.40. The molecule has 1 aromatic carbocycles. The first-order valence-corrected chi connectivity index (χ1v) is 10.3. The molecule has 1 saturated carbocycles. The molecule has 0 spiro atoms. The maximum atomic E-state index is 12.8. The maximum Gasteiger partial charge on any atom is 0.341 e. The maximum absolute atomic E-state index is 12.8. The first kappa shape index (κ1) is 18.9. The summed E-state index contributed by atoms with van der Waals surface area (Å²) >= 11 is 0. The number of rotatable bonds is 5. The Morgan fingerprint density at radius 2 is 2.13 bits per heavy atom. The van der Waals surface area contributed by atoms with E-state index in [0.29, 0.717) is 11.3 Å². The zero-order valence-electron chi connectivity index (χ0n) is 16.7. The number of hydrogen-bond donors (Lipinski definition) is 2. The lowest BCUT2D eigenvalue weighted by atomic mass is 10.00. The Bertz CT molecular complexity index is 1180. The fourth-order valence-corrected chi connectivity index (χ4v) is 4.65. The van der Waals surface area contributed by atoms with Gasteiger partial charge in [-0.15, -0.1) is 0 Å². The van der Waals surface area contributed by atoms with Crippen molar-refractivity contribution in [2.75, 3.05) is 18.0 Å². The second kappa shape index (κ2) is 6.98. The van der Waals surface area contributed by atoms with E-state index in [4.69, 9.17) is 10.2 Å². The van der Waals surface area contributed by atoms with Crippen LogP contribution in [0.15, 0.2) is 40.0 Å². The lowest BCUT2D eigenvalue weighted by Crippen LogP contribution is -2.27. The number of carboxylic acid groups (broad SMARTS) is 1. The number of carboxylic acids is 1. The van der Waals surface area contributed by atoms with E-state index in [2.05, 4.69) is 9.88 Å². The zero-order chi connectivity index (χ0) is 21.0. The fraction of sp³-hybridized carbons (Fsp3) is 0.409. The molecule has 8 nitrogen and oxygen atoms in total. The molecule has 0 amide bonds. The first-order valence-electron chi connectivity index (χ1n) is 10.3. The summed E-state index contributed by atoms with van der Waals surface area (Å²) in [6.45, 7) is 3.64. The van der Waals surface area contributed by atoms with Crippen molar-refractivity contribution < 1.29 is 14.3 Å². The lowest BCUT2D eigenvalue weighted by molar-refractivity contribution is 0.0695. The minimum atomic E-state index is -1.18. The van der Waals surface area contributed by atoms with Crippen LogP contribution < -0.4 is 16.1 Å². The van der Waals surface area contributed by atoms with Gasteiger partial charge in [-0.2, -0.15) is 0 Å². The van der Waals surface area contributed by atoms with Gasteiger partial charge in [-0.1, -0.05) is 0 Å². The van der Waals surface area contributed by atoms with Crippen molar-refractivity contribution in [3.8, 4) is 0 Å². The van der Waals surface area contributed by atoms with Gasteiger partial charge < -0.3 is 24.7 Å². The molecule has 0 bridgehead atoms. The third-order valence-corrected chi connectivity index (χ3v) is 6.40. The number of anilines is 1. The highest BCUT2D eigenvalue weighted by molar-refractivity contribution is 5.95. The molecule has 2 unspecified atom stereocenters. The zero-order valence-corrected chi connectivity index (χ0v) is 16.7. The lowest BCUT2D eigenvalue weighted by Gasteiger charge is -2.24. The normalized spacial score (nSPS) is 20.1. The van der Waals surface area contributed by atoms with Gasteiger partial charge in [0, 0.05) is 42.3 Å². The number of pyridine rings is 1.